The first kappa shape index (κ1) is 18.5. The van der Waals surface area contributed by atoms with Crippen LogP contribution in [0, 0.1) is 0 Å². The van der Waals surface area contributed by atoms with Crippen LogP contribution in [-0.2, 0) is 16.1 Å². The average Bonchev–Trinajstić information content (AvgIpc) is 2.73. The molecule has 0 aliphatic rings. The fourth-order valence-corrected chi connectivity index (χ4v) is 2.87. The zero-order chi connectivity index (χ0) is 19.1. The van der Waals surface area contributed by atoms with Crippen LogP contribution in [0.25, 0.3) is 10.8 Å². The first-order valence-electron chi connectivity index (χ1n) is 8.49. The fourth-order valence-electron chi connectivity index (χ4n) is 2.87. The number of pyridine rings is 1. The monoisotopic (exact) mass is 364 g/mol. The van der Waals surface area contributed by atoms with Crippen molar-refractivity contribution in [3.05, 3.63) is 78.1 Å². The van der Waals surface area contributed by atoms with Crippen LogP contribution in [0.15, 0.2) is 67.0 Å². The van der Waals surface area contributed by atoms with E-state index in [4.69, 9.17) is 5.21 Å². The van der Waals surface area contributed by atoms with Crippen LogP contribution in [-0.4, -0.2) is 28.6 Å². The maximum atomic E-state index is 12.9. The lowest BCUT2D eigenvalue weighted by Gasteiger charge is -2.20. The molecule has 3 aromatic rings. The molecule has 0 spiro atoms. The van der Waals surface area contributed by atoms with E-state index >= 15 is 0 Å². The summed E-state index contributed by atoms with van der Waals surface area (Å²) >= 11 is 0. The van der Waals surface area contributed by atoms with Gasteiger partial charge in [-0.2, -0.15) is 0 Å². The summed E-state index contributed by atoms with van der Waals surface area (Å²) in [6.07, 6.45) is 3.32. The lowest BCUT2D eigenvalue weighted by Crippen LogP contribution is -2.41. The van der Waals surface area contributed by atoms with E-state index in [0.29, 0.717) is 6.54 Å². The molecule has 0 aliphatic heterocycles. The molecule has 1 unspecified atom stereocenters. The number of carbonyl (C=O) groups is 2. The molecule has 27 heavy (non-hydrogen) atoms. The summed E-state index contributed by atoms with van der Waals surface area (Å²) in [6, 6.07) is 16.3. The highest BCUT2D eigenvalue weighted by atomic mass is 16.5. The first-order chi connectivity index (χ1) is 13.2. The Hall–Kier alpha value is -3.29. The zero-order valence-corrected chi connectivity index (χ0v) is 14.6. The molecule has 1 aromatic heterocycles. The van der Waals surface area contributed by atoms with E-state index in [9.17, 15) is 9.59 Å². The van der Waals surface area contributed by atoms with Crippen LogP contribution in [0.3, 0.4) is 0 Å². The number of nitrogens with zero attached hydrogens (tertiary/aromatic N) is 1. The number of hydrogen-bond acceptors (Lipinski definition) is 5. The second-order valence-electron chi connectivity index (χ2n) is 5.99. The van der Waals surface area contributed by atoms with Gasteiger partial charge >= 0.3 is 0 Å². The molecule has 2 aromatic carbocycles. The summed E-state index contributed by atoms with van der Waals surface area (Å²) in [4.78, 5) is 28.3. The fraction of sp³-hybridized carbons (Fsp3) is 0.150. The number of amides is 2. The minimum atomic E-state index is -0.754. The van der Waals surface area contributed by atoms with Crippen molar-refractivity contribution in [1.29, 1.82) is 0 Å². The number of carbonyl (C=O) groups excluding carboxylic acids is 2. The maximum Gasteiger partial charge on any atom is 0.257 e. The van der Waals surface area contributed by atoms with Gasteiger partial charge in [-0.15, -0.1) is 0 Å². The third-order valence-corrected chi connectivity index (χ3v) is 4.20. The molecule has 7 nitrogen and oxygen atoms in total. The SMILES string of the molecule is O=C(CNC(C(=O)NCc1ccncc1)c1cccc2ccccc12)NO. The second kappa shape index (κ2) is 8.88. The van der Waals surface area contributed by atoms with Gasteiger partial charge in [-0.3, -0.25) is 25.1 Å². The van der Waals surface area contributed by atoms with Gasteiger partial charge < -0.3 is 5.32 Å². The molecule has 1 atom stereocenters. The summed E-state index contributed by atoms with van der Waals surface area (Å²) in [5.74, 6) is -0.893. The molecule has 1 heterocycles. The Morgan fingerprint density at radius 1 is 1.00 bits per heavy atom. The molecule has 2 amide bonds. The number of hydroxylamine groups is 1. The van der Waals surface area contributed by atoms with Gasteiger partial charge in [-0.25, -0.2) is 5.48 Å². The molecule has 0 fully saturated rings. The molecule has 0 aliphatic carbocycles. The Kier molecular flexibility index (Phi) is 6.09. The minimum absolute atomic E-state index is 0.201. The summed E-state index contributed by atoms with van der Waals surface area (Å²) in [5, 5.41) is 16.4. The predicted octanol–water partition coefficient (Wildman–Crippen LogP) is 1.69. The molecule has 0 saturated heterocycles. The Morgan fingerprint density at radius 3 is 2.52 bits per heavy atom. The van der Waals surface area contributed by atoms with Gasteiger partial charge in [0.25, 0.3) is 5.91 Å². The van der Waals surface area contributed by atoms with Gasteiger partial charge in [-0.05, 0) is 34.0 Å². The van der Waals surface area contributed by atoms with E-state index in [0.717, 1.165) is 21.9 Å². The van der Waals surface area contributed by atoms with Gasteiger partial charge in [0, 0.05) is 18.9 Å². The average molecular weight is 364 g/mol. The molecule has 0 bridgehead atoms. The Morgan fingerprint density at radius 2 is 1.74 bits per heavy atom. The molecular weight excluding hydrogens is 344 g/mol. The van der Waals surface area contributed by atoms with Gasteiger partial charge in [0.1, 0.15) is 6.04 Å². The van der Waals surface area contributed by atoms with Gasteiger partial charge in [0.15, 0.2) is 0 Å². The molecular formula is C20H20N4O3. The van der Waals surface area contributed by atoms with Crippen molar-refractivity contribution >= 4 is 22.6 Å². The number of fused-ring (bicyclic) bond motifs is 1. The maximum absolute atomic E-state index is 12.9. The van der Waals surface area contributed by atoms with Crippen molar-refractivity contribution in [2.75, 3.05) is 6.54 Å². The standard InChI is InChI=1S/C20H20N4O3/c25-18(24-27)13-22-19(20(26)23-12-14-8-10-21-11-9-14)17-7-3-5-15-4-1-2-6-16(15)17/h1-11,19,22,27H,12-13H2,(H,23,26)(H,24,25). The lowest BCUT2D eigenvalue weighted by molar-refractivity contribution is -0.129. The van der Waals surface area contributed by atoms with E-state index in [1.807, 2.05) is 54.6 Å². The van der Waals surface area contributed by atoms with E-state index in [2.05, 4.69) is 15.6 Å². The van der Waals surface area contributed by atoms with Crippen LogP contribution in [0.5, 0.6) is 0 Å². The first-order valence-corrected chi connectivity index (χ1v) is 8.49. The van der Waals surface area contributed by atoms with E-state index < -0.39 is 11.9 Å². The molecule has 0 saturated carbocycles. The smallest absolute Gasteiger partial charge is 0.257 e. The van der Waals surface area contributed by atoms with Crippen molar-refractivity contribution in [1.82, 2.24) is 21.1 Å². The molecule has 3 rings (SSSR count). The normalized spacial score (nSPS) is 11.7. The van der Waals surface area contributed by atoms with Gasteiger partial charge in [0.05, 0.1) is 6.54 Å². The van der Waals surface area contributed by atoms with Crippen LogP contribution in [0.2, 0.25) is 0 Å². The largest absolute Gasteiger partial charge is 0.350 e. The molecule has 4 N–H and O–H groups in total. The van der Waals surface area contributed by atoms with Crippen LogP contribution < -0.4 is 16.1 Å². The van der Waals surface area contributed by atoms with Crippen LogP contribution in [0.1, 0.15) is 17.2 Å². The van der Waals surface area contributed by atoms with Crippen LogP contribution in [0.4, 0.5) is 0 Å². The van der Waals surface area contributed by atoms with E-state index in [1.54, 1.807) is 17.9 Å². The topological polar surface area (TPSA) is 103 Å². The number of rotatable bonds is 7. The Bertz CT molecular complexity index is 925. The Labute approximate surface area is 156 Å². The van der Waals surface area contributed by atoms with Crippen molar-refractivity contribution in [2.24, 2.45) is 0 Å². The summed E-state index contributed by atoms with van der Waals surface area (Å²) in [5.41, 5.74) is 3.24. The third-order valence-electron chi connectivity index (χ3n) is 4.20. The number of nitrogens with one attached hydrogen (secondary N) is 3. The van der Waals surface area contributed by atoms with Gasteiger partial charge in [0.2, 0.25) is 5.91 Å². The van der Waals surface area contributed by atoms with Crippen molar-refractivity contribution in [2.45, 2.75) is 12.6 Å². The van der Waals surface area contributed by atoms with E-state index in [1.165, 1.54) is 0 Å². The lowest BCUT2D eigenvalue weighted by atomic mass is 9.98. The zero-order valence-electron chi connectivity index (χ0n) is 14.6. The highest BCUT2D eigenvalue weighted by Gasteiger charge is 2.22. The number of aromatic nitrogens is 1. The summed E-state index contributed by atoms with van der Waals surface area (Å²) in [7, 11) is 0. The summed E-state index contributed by atoms with van der Waals surface area (Å²) < 4.78 is 0. The molecule has 138 valence electrons. The second-order valence-corrected chi connectivity index (χ2v) is 5.99. The van der Waals surface area contributed by atoms with Crippen molar-refractivity contribution in [3.8, 4) is 0 Å². The number of hydrogen-bond donors (Lipinski definition) is 4. The number of benzene rings is 2. The van der Waals surface area contributed by atoms with E-state index in [-0.39, 0.29) is 12.5 Å². The Balaban J connectivity index is 1.85. The minimum Gasteiger partial charge on any atom is -0.350 e. The van der Waals surface area contributed by atoms with Crippen LogP contribution >= 0.6 is 0 Å². The van der Waals surface area contributed by atoms with Crippen molar-refractivity contribution in [3.63, 3.8) is 0 Å². The summed E-state index contributed by atoms with van der Waals surface area (Å²) in [6.45, 7) is 0.142. The molecule has 0 radical (unpaired) electrons. The highest BCUT2D eigenvalue weighted by Crippen LogP contribution is 2.24. The third kappa shape index (κ3) is 4.66. The highest BCUT2D eigenvalue weighted by molar-refractivity contribution is 5.93. The molecule has 7 heteroatoms. The predicted molar refractivity (Wildman–Crippen MR) is 101 cm³/mol. The van der Waals surface area contributed by atoms with Crippen molar-refractivity contribution < 1.29 is 14.8 Å². The van der Waals surface area contributed by atoms with Gasteiger partial charge in [-0.1, -0.05) is 42.5 Å². The quantitative estimate of drug-likeness (QED) is 0.377.